The third-order valence-corrected chi connectivity index (χ3v) is 9.26. The normalized spacial score (nSPS) is 24.0. The maximum absolute atomic E-state index is 5.58. The third kappa shape index (κ3) is 4.35. The first-order valence-electron chi connectivity index (χ1n) is 15.1. The standard InChI is InChI=1S/C36H48N4/c1-11-35(10)32-39(25-19-15-14-16-20-25)30-31(38-28(24-34(7,8)9)27(37-30)23-33(4,5)6)40(32)29-22-18-17-21-26(29)36(35,12-2)13-3/h12,14-22,32H,2,11,13,23-24H2,1,3-10H3. The average molecular weight is 537 g/mol. The van der Waals surface area contributed by atoms with E-state index in [0.29, 0.717) is 0 Å². The Morgan fingerprint density at radius 1 is 0.775 bits per heavy atom. The molecule has 3 unspecified atom stereocenters. The van der Waals surface area contributed by atoms with Crippen LogP contribution in [0, 0.1) is 16.2 Å². The molecule has 3 heterocycles. The Labute approximate surface area is 242 Å². The van der Waals surface area contributed by atoms with Gasteiger partial charge in [-0.1, -0.05) is 105 Å². The van der Waals surface area contributed by atoms with Crippen LogP contribution in [-0.4, -0.2) is 16.1 Å². The Morgan fingerprint density at radius 2 is 1.30 bits per heavy atom. The summed E-state index contributed by atoms with van der Waals surface area (Å²) in [5, 5.41) is 0. The molecule has 0 bridgehead atoms. The Balaban J connectivity index is 1.88. The van der Waals surface area contributed by atoms with E-state index in [1.807, 2.05) is 0 Å². The lowest BCUT2D eigenvalue weighted by Gasteiger charge is -2.58. The Morgan fingerprint density at radius 3 is 1.80 bits per heavy atom. The van der Waals surface area contributed by atoms with Gasteiger partial charge in [-0.05, 0) is 60.3 Å². The molecule has 0 radical (unpaired) electrons. The highest BCUT2D eigenvalue weighted by molar-refractivity contribution is 5.87. The van der Waals surface area contributed by atoms with E-state index in [0.717, 1.165) is 54.4 Å². The summed E-state index contributed by atoms with van der Waals surface area (Å²) in [6.45, 7) is 25.4. The average Bonchev–Trinajstić information content (AvgIpc) is 3.23. The van der Waals surface area contributed by atoms with E-state index in [4.69, 9.17) is 9.97 Å². The first-order valence-corrected chi connectivity index (χ1v) is 15.1. The van der Waals surface area contributed by atoms with Crippen LogP contribution in [0.1, 0.15) is 92.1 Å². The van der Waals surface area contributed by atoms with Crippen LogP contribution in [0.4, 0.5) is 23.0 Å². The molecule has 3 atom stereocenters. The van der Waals surface area contributed by atoms with Crippen LogP contribution < -0.4 is 9.80 Å². The highest BCUT2D eigenvalue weighted by Gasteiger charge is 2.62. The van der Waals surface area contributed by atoms with E-state index in [2.05, 4.69) is 139 Å². The molecule has 2 aliphatic rings. The molecule has 0 spiro atoms. The van der Waals surface area contributed by atoms with Gasteiger partial charge in [0.05, 0.1) is 11.4 Å². The molecule has 40 heavy (non-hydrogen) atoms. The van der Waals surface area contributed by atoms with Gasteiger partial charge in [-0.2, -0.15) is 0 Å². The van der Waals surface area contributed by atoms with E-state index in [1.165, 1.54) is 11.3 Å². The Bertz CT molecular complexity index is 1400. The molecular formula is C36H48N4. The molecule has 0 saturated heterocycles. The molecular weight excluding hydrogens is 488 g/mol. The summed E-state index contributed by atoms with van der Waals surface area (Å²) in [5.41, 5.74) is 5.81. The molecule has 4 heteroatoms. The highest BCUT2D eigenvalue weighted by Crippen LogP contribution is 2.64. The quantitative estimate of drug-likeness (QED) is 0.294. The van der Waals surface area contributed by atoms with Gasteiger partial charge in [0, 0.05) is 22.2 Å². The van der Waals surface area contributed by atoms with Crippen LogP contribution >= 0.6 is 0 Å². The molecule has 1 aromatic heterocycles. The molecule has 5 rings (SSSR count). The molecule has 0 amide bonds. The van der Waals surface area contributed by atoms with Gasteiger partial charge in [0.2, 0.25) is 0 Å². The van der Waals surface area contributed by atoms with Crippen molar-refractivity contribution in [3.05, 3.63) is 84.2 Å². The largest absolute Gasteiger partial charge is 0.301 e. The molecule has 2 aromatic carbocycles. The number of rotatable bonds is 6. The minimum atomic E-state index is -0.197. The third-order valence-electron chi connectivity index (χ3n) is 9.26. The summed E-state index contributed by atoms with van der Waals surface area (Å²) >= 11 is 0. The molecule has 4 nitrogen and oxygen atoms in total. The van der Waals surface area contributed by atoms with Crippen LogP contribution in [0.2, 0.25) is 0 Å². The highest BCUT2D eigenvalue weighted by atomic mass is 15.5. The summed E-state index contributed by atoms with van der Waals surface area (Å²) in [6, 6.07) is 19.7. The number of hydrogen-bond acceptors (Lipinski definition) is 4. The van der Waals surface area contributed by atoms with Crippen LogP contribution in [0.5, 0.6) is 0 Å². The van der Waals surface area contributed by atoms with Gasteiger partial charge in [-0.15, -0.1) is 6.58 Å². The molecule has 0 fully saturated rings. The van der Waals surface area contributed by atoms with E-state index in [1.54, 1.807) is 0 Å². The fourth-order valence-corrected chi connectivity index (χ4v) is 7.29. The minimum Gasteiger partial charge on any atom is -0.301 e. The van der Waals surface area contributed by atoms with Crippen molar-refractivity contribution in [1.82, 2.24) is 9.97 Å². The van der Waals surface area contributed by atoms with Crippen molar-refractivity contribution in [3.63, 3.8) is 0 Å². The van der Waals surface area contributed by atoms with Gasteiger partial charge in [0.1, 0.15) is 6.17 Å². The smallest absolute Gasteiger partial charge is 0.178 e. The van der Waals surface area contributed by atoms with Crippen molar-refractivity contribution in [3.8, 4) is 0 Å². The van der Waals surface area contributed by atoms with Crippen LogP contribution in [0.3, 0.4) is 0 Å². The molecule has 212 valence electrons. The van der Waals surface area contributed by atoms with Crippen molar-refractivity contribution in [2.45, 2.75) is 99.6 Å². The number of para-hydroxylation sites is 2. The maximum Gasteiger partial charge on any atom is 0.178 e. The van der Waals surface area contributed by atoms with Crippen molar-refractivity contribution in [2.75, 3.05) is 9.80 Å². The number of aromatic nitrogens is 2. The van der Waals surface area contributed by atoms with Crippen molar-refractivity contribution in [1.29, 1.82) is 0 Å². The van der Waals surface area contributed by atoms with Gasteiger partial charge < -0.3 is 9.80 Å². The summed E-state index contributed by atoms with van der Waals surface area (Å²) in [7, 11) is 0. The summed E-state index contributed by atoms with van der Waals surface area (Å²) in [5.74, 6) is 1.95. The van der Waals surface area contributed by atoms with Gasteiger partial charge in [0.15, 0.2) is 11.6 Å². The summed E-state index contributed by atoms with van der Waals surface area (Å²) in [4.78, 5) is 16.2. The maximum atomic E-state index is 5.58. The van der Waals surface area contributed by atoms with Gasteiger partial charge >= 0.3 is 0 Å². The van der Waals surface area contributed by atoms with Crippen LogP contribution in [0.25, 0.3) is 0 Å². The van der Waals surface area contributed by atoms with E-state index in [-0.39, 0.29) is 27.8 Å². The second kappa shape index (κ2) is 9.75. The number of hydrogen-bond donors (Lipinski definition) is 0. The number of nitrogens with zero attached hydrogens (tertiary/aromatic N) is 4. The lowest BCUT2D eigenvalue weighted by atomic mass is 9.54. The van der Waals surface area contributed by atoms with Gasteiger partial charge in [0.25, 0.3) is 0 Å². The van der Waals surface area contributed by atoms with Crippen LogP contribution in [-0.2, 0) is 18.3 Å². The number of allylic oxidation sites excluding steroid dienone is 1. The van der Waals surface area contributed by atoms with Gasteiger partial charge in [-0.25, -0.2) is 9.97 Å². The Hall–Kier alpha value is -3.14. The zero-order chi connectivity index (χ0) is 29.1. The lowest BCUT2D eigenvalue weighted by molar-refractivity contribution is 0.120. The fourth-order valence-electron chi connectivity index (χ4n) is 7.29. The molecule has 0 aliphatic carbocycles. The zero-order valence-electron chi connectivity index (χ0n) is 26.2. The van der Waals surface area contributed by atoms with Crippen molar-refractivity contribution in [2.24, 2.45) is 16.2 Å². The van der Waals surface area contributed by atoms with Crippen LogP contribution in [0.15, 0.2) is 67.3 Å². The van der Waals surface area contributed by atoms with E-state index < -0.39 is 0 Å². The predicted octanol–water partition coefficient (Wildman–Crippen LogP) is 9.53. The lowest BCUT2D eigenvalue weighted by Crippen LogP contribution is -2.62. The monoisotopic (exact) mass is 536 g/mol. The molecule has 2 aliphatic heterocycles. The first-order chi connectivity index (χ1) is 18.8. The fraction of sp³-hybridized carbons (Fsp3) is 0.500. The second-order valence-corrected chi connectivity index (χ2v) is 14.5. The van der Waals surface area contributed by atoms with Crippen molar-refractivity contribution < 1.29 is 0 Å². The Kier molecular flexibility index (Phi) is 6.92. The molecule has 3 aromatic rings. The predicted molar refractivity (Wildman–Crippen MR) is 170 cm³/mol. The number of anilines is 4. The topological polar surface area (TPSA) is 32.3 Å². The van der Waals surface area contributed by atoms with E-state index in [9.17, 15) is 0 Å². The zero-order valence-corrected chi connectivity index (χ0v) is 26.2. The van der Waals surface area contributed by atoms with Crippen molar-refractivity contribution >= 4 is 23.0 Å². The SMILES string of the molecule is C=CC1(CC)c2ccccc2N2c3nc(CC(C)(C)C)c(CC(C)(C)C)nc3N(c3ccccc3)C2C1(C)CC. The summed E-state index contributed by atoms with van der Waals surface area (Å²) < 4.78 is 0. The minimum absolute atomic E-state index is 0.00937. The second-order valence-electron chi connectivity index (χ2n) is 14.5. The molecule has 0 N–H and O–H groups in total. The summed E-state index contributed by atoms with van der Waals surface area (Å²) in [6.07, 6.45) is 5.99. The van der Waals surface area contributed by atoms with E-state index >= 15 is 0 Å². The van der Waals surface area contributed by atoms with Gasteiger partial charge in [-0.3, -0.25) is 0 Å². The molecule has 0 saturated carbocycles. The number of fused-ring (bicyclic) bond motifs is 5. The first kappa shape index (κ1) is 28.4. The number of benzene rings is 2.